The van der Waals surface area contributed by atoms with E-state index in [0.717, 1.165) is 17.0 Å². The molecule has 4 nitrogen and oxygen atoms in total. The molecule has 0 saturated heterocycles. The first-order valence-corrected chi connectivity index (χ1v) is 4.39. The number of carboxylic acids is 1. The molecule has 76 valence electrons. The summed E-state index contributed by atoms with van der Waals surface area (Å²) in [6.45, 7) is 6.28. The van der Waals surface area contributed by atoms with Crippen LogP contribution in [0.25, 0.3) is 0 Å². The Balaban J connectivity index is 2.79. The number of rotatable bonds is 3. The van der Waals surface area contributed by atoms with Crippen LogP contribution in [0.4, 0.5) is 0 Å². The van der Waals surface area contributed by atoms with E-state index in [0.29, 0.717) is 6.54 Å². The van der Waals surface area contributed by atoms with Crippen LogP contribution in [-0.2, 0) is 11.3 Å². The summed E-state index contributed by atoms with van der Waals surface area (Å²) in [5.41, 5.74) is 2.86. The molecule has 0 saturated carbocycles. The van der Waals surface area contributed by atoms with Gasteiger partial charge in [-0.05, 0) is 26.3 Å². The van der Waals surface area contributed by atoms with Crippen LogP contribution in [0.1, 0.15) is 18.3 Å². The third-order valence-corrected chi connectivity index (χ3v) is 2.13. The van der Waals surface area contributed by atoms with Gasteiger partial charge in [-0.1, -0.05) is 0 Å². The summed E-state index contributed by atoms with van der Waals surface area (Å²) in [6, 6.07) is 0. The summed E-state index contributed by atoms with van der Waals surface area (Å²) in [4.78, 5) is 14.5. The summed E-state index contributed by atoms with van der Waals surface area (Å²) >= 11 is 0. The lowest BCUT2D eigenvalue weighted by Gasteiger charge is -2.04. The van der Waals surface area contributed by atoms with E-state index >= 15 is 0 Å². The predicted octanol–water partition coefficient (Wildman–Crippen LogP) is 1.53. The molecule has 0 fully saturated rings. The Morgan fingerprint density at radius 2 is 2.29 bits per heavy atom. The predicted molar refractivity (Wildman–Crippen MR) is 53.1 cm³/mol. The quantitative estimate of drug-likeness (QED) is 0.742. The van der Waals surface area contributed by atoms with Gasteiger partial charge in [-0.15, -0.1) is 0 Å². The molecule has 1 N–H and O–H groups in total. The minimum Gasteiger partial charge on any atom is -0.478 e. The van der Waals surface area contributed by atoms with Crippen molar-refractivity contribution in [2.75, 3.05) is 0 Å². The van der Waals surface area contributed by atoms with Gasteiger partial charge in [0.25, 0.3) is 0 Å². The molecule has 0 radical (unpaired) electrons. The van der Waals surface area contributed by atoms with Crippen LogP contribution in [0.2, 0.25) is 0 Å². The zero-order valence-corrected chi connectivity index (χ0v) is 8.61. The normalized spacial score (nSPS) is 11.8. The van der Waals surface area contributed by atoms with Crippen molar-refractivity contribution in [2.24, 2.45) is 0 Å². The van der Waals surface area contributed by atoms with Gasteiger partial charge in [0, 0.05) is 18.3 Å². The maximum Gasteiger partial charge on any atom is 0.328 e. The van der Waals surface area contributed by atoms with Gasteiger partial charge in [0.2, 0.25) is 0 Å². The van der Waals surface area contributed by atoms with E-state index in [1.54, 1.807) is 13.3 Å². The summed E-state index contributed by atoms with van der Waals surface area (Å²) in [7, 11) is 0. The van der Waals surface area contributed by atoms with Gasteiger partial charge in [-0.3, -0.25) is 0 Å². The Kier molecular flexibility index (Phi) is 3.06. The van der Waals surface area contributed by atoms with Gasteiger partial charge in [-0.25, -0.2) is 9.78 Å². The second kappa shape index (κ2) is 4.09. The molecule has 1 aromatic heterocycles. The van der Waals surface area contributed by atoms with Crippen molar-refractivity contribution in [1.29, 1.82) is 0 Å². The number of imidazole rings is 1. The zero-order chi connectivity index (χ0) is 10.7. The second-order valence-corrected chi connectivity index (χ2v) is 3.37. The molecule has 0 aliphatic rings. The summed E-state index contributed by atoms with van der Waals surface area (Å²) in [5.74, 6) is -0.906. The van der Waals surface area contributed by atoms with Crippen LogP contribution in [0.5, 0.6) is 0 Å². The highest BCUT2D eigenvalue weighted by Gasteiger charge is 2.02. The fourth-order valence-corrected chi connectivity index (χ4v) is 1.23. The van der Waals surface area contributed by atoms with Crippen LogP contribution < -0.4 is 0 Å². The molecule has 0 aliphatic carbocycles. The van der Waals surface area contributed by atoms with Crippen molar-refractivity contribution in [3.8, 4) is 0 Å². The molecule has 0 spiro atoms. The van der Waals surface area contributed by atoms with Gasteiger partial charge >= 0.3 is 5.97 Å². The van der Waals surface area contributed by atoms with E-state index in [1.165, 1.54) is 6.08 Å². The van der Waals surface area contributed by atoms with Crippen molar-refractivity contribution >= 4 is 5.97 Å². The number of aromatic nitrogens is 2. The summed E-state index contributed by atoms with van der Waals surface area (Å²) in [6.07, 6.45) is 2.94. The van der Waals surface area contributed by atoms with Crippen LogP contribution >= 0.6 is 0 Å². The Hall–Kier alpha value is -1.58. The summed E-state index contributed by atoms with van der Waals surface area (Å²) < 4.78 is 1.93. The number of nitrogens with zero attached hydrogens (tertiary/aromatic N) is 2. The fraction of sp³-hybridized carbons (Fsp3) is 0.400. The van der Waals surface area contributed by atoms with Crippen LogP contribution in [0.3, 0.4) is 0 Å². The SMILES string of the molecule is CC(=CC(=O)O)Cn1cnc(C)c1C. The number of aryl methyl sites for hydroxylation is 1. The van der Waals surface area contributed by atoms with E-state index in [2.05, 4.69) is 4.98 Å². The van der Waals surface area contributed by atoms with Gasteiger partial charge in [0.1, 0.15) is 0 Å². The first-order chi connectivity index (χ1) is 6.50. The standard InChI is InChI=1S/C10H14N2O2/c1-7(4-10(13)14)5-12-6-11-8(2)9(12)3/h4,6H,5H2,1-3H3,(H,13,14). The molecule has 1 aromatic rings. The first kappa shape index (κ1) is 10.5. The molecule has 0 amide bonds. The highest BCUT2D eigenvalue weighted by Crippen LogP contribution is 2.07. The zero-order valence-electron chi connectivity index (χ0n) is 8.61. The fourth-order valence-electron chi connectivity index (χ4n) is 1.23. The topological polar surface area (TPSA) is 55.1 Å². The summed E-state index contributed by atoms with van der Waals surface area (Å²) in [5, 5.41) is 8.54. The molecule has 0 aliphatic heterocycles. The largest absolute Gasteiger partial charge is 0.478 e. The van der Waals surface area contributed by atoms with E-state index in [4.69, 9.17) is 5.11 Å². The van der Waals surface area contributed by atoms with Gasteiger partial charge in [0.15, 0.2) is 0 Å². The number of hydrogen-bond donors (Lipinski definition) is 1. The van der Waals surface area contributed by atoms with Crippen molar-refractivity contribution in [1.82, 2.24) is 9.55 Å². The van der Waals surface area contributed by atoms with Crippen LogP contribution in [0, 0.1) is 13.8 Å². The lowest BCUT2D eigenvalue weighted by molar-refractivity contribution is -0.131. The minimum absolute atomic E-state index is 0.582. The minimum atomic E-state index is -0.906. The van der Waals surface area contributed by atoms with Crippen LogP contribution in [-0.4, -0.2) is 20.6 Å². The molecule has 1 rings (SSSR count). The maximum atomic E-state index is 10.4. The Labute approximate surface area is 82.9 Å². The molecule has 0 atom stereocenters. The Morgan fingerprint density at radius 3 is 2.71 bits per heavy atom. The number of allylic oxidation sites excluding steroid dienone is 1. The van der Waals surface area contributed by atoms with Crippen molar-refractivity contribution in [3.63, 3.8) is 0 Å². The highest BCUT2D eigenvalue weighted by molar-refractivity contribution is 5.80. The van der Waals surface area contributed by atoms with E-state index in [1.807, 2.05) is 18.4 Å². The van der Waals surface area contributed by atoms with Crippen molar-refractivity contribution in [2.45, 2.75) is 27.3 Å². The van der Waals surface area contributed by atoms with Crippen molar-refractivity contribution < 1.29 is 9.90 Å². The highest BCUT2D eigenvalue weighted by atomic mass is 16.4. The molecule has 0 bridgehead atoms. The van der Waals surface area contributed by atoms with Crippen molar-refractivity contribution in [3.05, 3.63) is 29.4 Å². The van der Waals surface area contributed by atoms with Gasteiger partial charge in [0.05, 0.1) is 12.0 Å². The molecular formula is C10H14N2O2. The third kappa shape index (κ3) is 2.45. The molecule has 0 aromatic carbocycles. The van der Waals surface area contributed by atoms with E-state index in [-0.39, 0.29) is 0 Å². The van der Waals surface area contributed by atoms with E-state index in [9.17, 15) is 4.79 Å². The lowest BCUT2D eigenvalue weighted by Crippen LogP contribution is -2.02. The molecule has 14 heavy (non-hydrogen) atoms. The molecular weight excluding hydrogens is 180 g/mol. The molecule has 0 unspecified atom stereocenters. The smallest absolute Gasteiger partial charge is 0.328 e. The number of aliphatic carboxylic acids is 1. The van der Waals surface area contributed by atoms with Crippen LogP contribution in [0.15, 0.2) is 18.0 Å². The van der Waals surface area contributed by atoms with Gasteiger partial charge < -0.3 is 9.67 Å². The third-order valence-electron chi connectivity index (χ3n) is 2.13. The maximum absolute atomic E-state index is 10.4. The lowest BCUT2D eigenvalue weighted by atomic mass is 10.2. The number of carboxylic acid groups (broad SMARTS) is 1. The number of hydrogen-bond acceptors (Lipinski definition) is 2. The number of carbonyl (C=O) groups is 1. The Morgan fingerprint density at radius 1 is 1.64 bits per heavy atom. The second-order valence-electron chi connectivity index (χ2n) is 3.37. The van der Waals surface area contributed by atoms with Gasteiger partial charge in [-0.2, -0.15) is 0 Å². The monoisotopic (exact) mass is 194 g/mol. The average molecular weight is 194 g/mol. The van der Waals surface area contributed by atoms with E-state index < -0.39 is 5.97 Å². The Bertz CT molecular complexity index is 377. The first-order valence-electron chi connectivity index (χ1n) is 4.39. The molecule has 1 heterocycles. The molecule has 4 heteroatoms. The average Bonchev–Trinajstić information content (AvgIpc) is 2.34.